The zero-order valence-corrected chi connectivity index (χ0v) is 9.01. The van der Waals surface area contributed by atoms with Gasteiger partial charge >= 0.3 is 6.01 Å². The summed E-state index contributed by atoms with van der Waals surface area (Å²) in [6.45, 7) is 5.23. The summed E-state index contributed by atoms with van der Waals surface area (Å²) in [5, 5.41) is 0. The molecule has 0 radical (unpaired) electrons. The second-order valence-corrected chi connectivity index (χ2v) is 2.89. The number of carbonyl (C=O) groups excluding carboxylic acids is 1. The van der Waals surface area contributed by atoms with E-state index in [4.69, 9.17) is 4.74 Å². The van der Waals surface area contributed by atoms with Crippen molar-refractivity contribution in [1.29, 1.82) is 0 Å². The Bertz CT molecular complexity index is 299. The molecule has 0 atom stereocenters. The molecular weight excluding hydrogens is 194 g/mol. The second kappa shape index (κ2) is 5.95. The van der Waals surface area contributed by atoms with E-state index in [1.165, 1.54) is 0 Å². The summed E-state index contributed by atoms with van der Waals surface area (Å²) in [7, 11) is 0. The monoisotopic (exact) mass is 209 g/mol. The van der Waals surface area contributed by atoms with Gasteiger partial charge in [0, 0.05) is 25.5 Å². The molecule has 0 N–H and O–H groups in total. The van der Waals surface area contributed by atoms with E-state index in [0.29, 0.717) is 13.1 Å². The molecule has 0 unspecified atom stereocenters. The molecule has 15 heavy (non-hydrogen) atoms. The van der Waals surface area contributed by atoms with Crippen molar-refractivity contribution < 1.29 is 9.53 Å². The van der Waals surface area contributed by atoms with Crippen LogP contribution in [-0.4, -0.2) is 40.5 Å². The standard InChI is InChI=1S/C10H15N3O2/c1-3-13(4-2)9(14)8-15-10-11-6-5-7-12-10/h5-7H,3-4,8H2,1-2H3. The first-order valence-corrected chi connectivity index (χ1v) is 4.95. The van der Waals surface area contributed by atoms with E-state index in [9.17, 15) is 4.79 Å². The van der Waals surface area contributed by atoms with Gasteiger partial charge in [0.2, 0.25) is 0 Å². The van der Waals surface area contributed by atoms with Crippen LogP contribution in [0.5, 0.6) is 6.01 Å². The Morgan fingerprint density at radius 2 is 1.93 bits per heavy atom. The molecule has 1 aromatic rings. The van der Waals surface area contributed by atoms with Gasteiger partial charge in [-0.25, -0.2) is 9.97 Å². The first-order valence-electron chi connectivity index (χ1n) is 4.95. The summed E-state index contributed by atoms with van der Waals surface area (Å²) in [4.78, 5) is 20.9. The summed E-state index contributed by atoms with van der Waals surface area (Å²) < 4.78 is 5.14. The van der Waals surface area contributed by atoms with Gasteiger partial charge in [-0.15, -0.1) is 0 Å². The van der Waals surface area contributed by atoms with E-state index in [-0.39, 0.29) is 18.5 Å². The SMILES string of the molecule is CCN(CC)C(=O)COc1ncccn1. The number of hydrogen-bond donors (Lipinski definition) is 0. The fraction of sp³-hybridized carbons (Fsp3) is 0.500. The van der Waals surface area contributed by atoms with Gasteiger partial charge < -0.3 is 9.64 Å². The molecule has 5 heteroatoms. The third kappa shape index (κ3) is 3.53. The topological polar surface area (TPSA) is 55.3 Å². The van der Waals surface area contributed by atoms with E-state index in [1.807, 2.05) is 13.8 Å². The maximum atomic E-state index is 11.5. The zero-order valence-electron chi connectivity index (χ0n) is 9.01. The number of likely N-dealkylation sites (N-methyl/N-ethyl adjacent to an activating group) is 1. The number of rotatable bonds is 5. The van der Waals surface area contributed by atoms with E-state index < -0.39 is 0 Å². The van der Waals surface area contributed by atoms with Crippen molar-refractivity contribution in [3.8, 4) is 6.01 Å². The first-order chi connectivity index (χ1) is 7.27. The fourth-order valence-electron chi connectivity index (χ4n) is 1.15. The van der Waals surface area contributed by atoms with E-state index in [1.54, 1.807) is 23.4 Å². The largest absolute Gasteiger partial charge is 0.453 e. The fourth-order valence-corrected chi connectivity index (χ4v) is 1.15. The van der Waals surface area contributed by atoms with Crippen LogP contribution in [0.1, 0.15) is 13.8 Å². The number of amides is 1. The Hall–Kier alpha value is -1.65. The summed E-state index contributed by atoms with van der Waals surface area (Å²) >= 11 is 0. The molecule has 1 rings (SSSR count). The van der Waals surface area contributed by atoms with Crippen LogP contribution in [0.15, 0.2) is 18.5 Å². The van der Waals surface area contributed by atoms with Crippen LogP contribution in [0.2, 0.25) is 0 Å². The molecule has 0 saturated heterocycles. The van der Waals surface area contributed by atoms with Gasteiger partial charge in [-0.05, 0) is 19.9 Å². The van der Waals surface area contributed by atoms with Crippen molar-refractivity contribution in [1.82, 2.24) is 14.9 Å². The van der Waals surface area contributed by atoms with Gasteiger partial charge in [-0.3, -0.25) is 4.79 Å². The first kappa shape index (κ1) is 11.4. The number of aromatic nitrogens is 2. The molecule has 1 aromatic heterocycles. The smallest absolute Gasteiger partial charge is 0.316 e. The van der Waals surface area contributed by atoms with Crippen LogP contribution in [0.3, 0.4) is 0 Å². The molecule has 5 nitrogen and oxygen atoms in total. The average Bonchev–Trinajstić information content (AvgIpc) is 2.29. The van der Waals surface area contributed by atoms with Gasteiger partial charge in [-0.1, -0.05) is 0 Å². The minimum absolute atomic E-state index is 0.00824. The minimum atomic E-state index is -0.0487. The molecule has 0 spiro atoms. The second-order valence-electron chi connectivity index (χ2n) is 2.89. The van der Waals surface area contributed by atoms with Crippen molar-refractivity contribution in [2.75, 3.05) is 19.7 Å². The highest BCUT2D eigenvalue weighted by molar-refractivity contribution is 5.77. The molecule has 0 saturated carbocycles. The van der Waals surface area contributed by atoms with Crippen molar-refractivity contribution in [3.63, 3.8) is 0 Å². The van der Waals surface area contributed by atoms with Gasteiger partial charge in [0.25, 0.3) is 5.91 Å². The lowest BCUT2D eigenvalue weighted by atomic mass is 10.5. The van der Waals surface area contributed by atoms with Gasteiger partial charge in [0.1, 0.15) is 0 Å². The van der Waals surface area contributed by atoms with E-state index in [0.717, 1.165) is 0 Å². The van der Waals surface area contributed by atoms with Crippen LogP contribution in [0, 0.1) is 0 Å². The van der Waals surface area contributed by atoms with Crippen LogP contribution in [-0.2, 0) is 4.79 Å². The molecule has 0 aliphatic heterocycles. The molecule has 0 aliphatic rings. The quantitative estimate of drug-likeness (QED) is 0.717. The Kier molecular flexibility index (Phi) is 4.53. The maximum Gasteiger partial charge on any atom is 0.316 e. The Balaban J connectivity index is 2.40. The van der Waals surface area contributed by atoms with Crippen molar-refractivity contribution >= 4 is 5.91 Å². The highest BCUT2D eigenvalue weighted by atomic mass is 16.5. The van der Waals surface area contributed by atoms with E-state index >= 15 is 0 Å². The number of nitrogens with zero attached hydrogens (tertiary/aromatic N) is 3. The normalized spacial score (nSPS) is 9.73. The molecular formula is C10H15N3O2. The number of ether oxygens (including phenoxy) is 1. The average molecular weight is 209 g/mol. The van der Waals surface area contributed by atoms with Crippen LogP contribution >= 0.6 is 0 Å². The highest BCUT2D eigenvalue weighted by Crippen LogP contribution is 1.98. The lowest BCUT2D eigenvalue weighted by molar-refractivity contribution is -0.133. The Labute approximate surface area is 89.1 Å². The molecule has 0 bridgehead atoms. The van der Waals surface area contributed by atoms with Crippen LogP contribution < -0.4 is 4.74 Å². The van der Waals surface area contributed by atoms with Crippen molar-refractivity contribution in [3.05, 3.63) is 18.5 Å². The number of hydrogen-bond acceptors (Lipinski definition) is 4. The van der Waals surface area contributed by atoms with Crippen molar-refractivity contribution in [2.24, 2.45) is 0 Å². The van der Waals surface area contributed by atoms with Crippen LogP contribution in [0.4, 0.5) is 0 Å². The van der Waals surface area contributed by atoms with Gasteiger partial charge in [-0.2, -0.15) is 0 Å². The van der Waals surface area contributed by atoms with Gasteiger partial charge in [0.05, 0.1) is 0 Å². The molecule has 0 aliphatic carbocycles. The molecule has 1 amide bonds. The molecule has 1 heterocycles. The lowest BCUT2D eigenvalue weighted by Gasteiger charge is -2.17. The van der Waals surface area contributed by atoms with Gasteiger partial charge in [0.15, 0.2) is 6.61 Å². The predicted octanol–water partition coefficient (Wildman–Crippen LogP) is 0.724. The summed E-state index contributed by atoms with van der Waals surface area (Å²) in [6, 6.07) is 1.93. The Morgan fingerprint density at radius 3 is 2.47 bits per heavy atom. The maximum absolute atomic E-state index is 11.5. The predicted molar refractivity (Wildman–Crippen MR) is 55.5 cm³/mol. The molecule has 82 valence electrons. The molecule has 0 fully saturated rings. The third-order valence-electron chi connectivity index (χ3n) is 1.98. The lowest BCUT2D eigenvalue weighted by Crippen LogP contribution is -2.34. The molecule has 0 aromatic carbocycles. The summed E-state index contributed by atoms with van der Waals surface area (Å²) in [6.07, 6.45) is 3.15. The van der Waals surface area contributed by atoms with Crippen LogP contribution in [0.25, 0.3) is 0 Å². The number of carbonyl (C=O) groups is 1. The van der Waals surface area contributed by atoms with E-state index in [2.05, 4.69) is 9.97 Å². The summed E-state index contributed by atoms with van der Waals surface area (Å²) in [5.41, 5.74) is 0. The minimum Gasteiger partial charge on any atom is -0.453 e. The zero-order chi connectivity index (χ0) is 11.1. The van der Waals surface area contributed by atoms with Crippen molar-refractivity contribution in [2.45, 2.75) is 13.8 Å². The Morgan fingerprint density at radius 1 is 1.33 bits per heavy atom. The summed E-state index contributed by atoms with van der Waals surface area (Å²) in [5.74, 6) is -0.0487. The third-order valence-corrected chi connectivity index (χ3v) is 1.98. The highest BCUT2D eigenvalue weighted by Gasteiger charge is 2.10.